The molecule has 3 aromatic rings. The fourth-order valence-corrected chi connectivity index (χ4v) is 3.17. The molecule has 4 nitrogen and oxygen atoms in total. The van der Waals surface area contributed by atoms with Crippen molar-refractivity contribution in [1.29, 1.82) is 0 Å². The van der Waals surface area contributed by atoms with Gasteiger partial charge in [-0.15, -0.1) is 0 Å². The summed E-state index contributed by atoms with van der Waals surface area (Å²) in [4.78, 5) is 30.9. The van der Waals surface area contributed by atoms with Crippen molar-refractivity contribution in [2.24, 2.45) is 0 Å². The van der Waals surface area contributed by atoms with Crippen molar-refractivity contribution in [2.75, 3.05) is 4.90 Å². The second kappa shape index (κ2) is 5.11. The largest absolute Gasteiger partial charge is 0.268 e. The molecule has 24 heavy (non-hydrogen) atoms. The van der Waals surface area contributed by atoms with Crippen LogP contribution >= 0.6 is 11.6 Å². The van der Waals surface area contributed by atoms with Gasteiger partial charge in [0, 0.05) is 10.4 Å². The van der Waals surface area contributed by atoms with E-state index in [0.717, 1.165) is 11.0 Å². The van der Waals surface area contributed by atoms with E-state index < -0.39 is 17.6 Å². The molecule has 6 heteroatoms. The molecule has 2 aromatic carbocycles. The molecule has 0 saturated carbocycles. The number of imide groups is 1. The molecule has 0 unspecified atom stereocenters. The Hall–Kier alpha value is -2.79. The number of anilines is 1. The highest BCUT2D eigenvalue weighted by atomic mass is 35.5. The van der Waals surface area contributed by atoms with Gasteiger partial charge in [0.05, 0.1) is 28.0 Å². The number of carbonyl (C=O) groups excluding carboxylic acids is 2. The number of pyridine rings is 1. The molecule has 0 spiro atoms. The lowest BCUT2D eigenvalue weighted by Gasteiger charge is -2.14. The molecule has 1 aliphatic rings. The molecular weight excluding hydrogens is 331 g/mol. The number of para-hydroxylation sites is 1. The first-order valence-electron chi connectivity index (χ1n) is 7.22. The van der Waals surface area contributed by atoms with Gasteiger partial charge in [0.25, 0.3) is 11.8 Å². The molecule has 1 aliphatic heterocycles. The Kier molecular flexibility index (Phi) is 3.15. The molecule has 0 fully saturated rings. The number of carbonyl (C=O) groups is 2. The molecule has 0 saturated heterocycles. The van der Waals surface area contributed by atoms with Crippen LogP contribution in [0.3, 0.4) is 0 Å². The molecule has 0 radical (unpaired) electrons. The lowest BCUT2D eigenvalue weighted by Crippen LogP contribution is -2.30. The summed E-state index contributed by atoms with van der Waals surface area (Å²) in [5.41, 5.74) is 1.42. The van der Waals surface area contributed by atoms with E-state index in [0.29, 0.717) is 16.6 Å². The minimum atomic E-state index is -0.730. The third-order valence-electron chi connectivity index (χ3n) is 4.06. The maximum atomic E-state index is 14.2. The molecule has 2 heterocycles. The van der Waals surface area contributed by atoms with E-state index in [1.807, 2.05) is 0 Å². The Morgan fingerprint density at radius 2 is 1.75 bits per heavy atom. The number of aromatic nitrogens is 1. The summed E-state index contributed by atoms with van der Waals surface area (Å²) in [6.45, 7) is 1.66. The number of halogens is 2. The van der Waals surface area contributed by atoms with Crippen LogP contribution in [0.1, 0.15) is 26.4 Å². The van der Waals surface area contributed by atoms with Crippen LogP contribution in [0.4, 0.5) is 10.1 Å². The number of rotatable bonds is 1. The highest BCUT2D eigenvalue weighted by molar-refractivity contribution is 6.38. The Bertz CT molecular complexity index is 1050. The normalized spacial score (nSPS) is 13.7. The lowest BCUT2D eigenvalue weighted by molar-refractivity contribution is 0.0925. The van der Waals surface area contributed by atoms with Gasteiger partial charge in [0.15, 0.2) is 0 Å². The van der Waals surface area contributed by atoms with Gasteiger partial charge >= 0.3 is 0 Å². The van der Waals surface area contributed by atoms with E-state index in [4.69, 9.17) is 11.6 Å². The van der Waals surface area contributed by atoms with Gasteiger partial charge in [-0.2, -0.15) is 0 Å². The van der Waals surface area contributed by atoms with E-state index in [9.17, 15) is 14.0 Å². The van der Waals surface area contributed by atoms with Crippen LogP contribution < -0.4 is 4.90 Å². The van der Waals surface area contributed by atoms with Gasteiger partial charge in [-0.3, -0.25) is 14.6 Å². The smallest absolute Gasteiger partial charge is 0.268 e. The van der Waals surface area contributed by atoms with Gasteiger partial charge in [-0.25, -0.2) is 9.29 Å². The summed E-state index contributed by atoms with van der Waals surface area (Å²) in [7, 11) is 0. The first kappa shape index (κ1) is 14.8. The van der Waals surface area contributed by atoms with Crippen molar-refractivity contribution in [3.63, 3.8) is 0 Å². The SMILES string of the molecule is Cc1nc2ccccc2c2c1C(=O)N(c1ccc(Cl)cc1F)C2=O. The van der Waals surface area contributed by atoms with Crippen LogP contribution in [0.2, 0.25) is 5.02 Å². The molecule has 0 N–H and O–H groups in total. The van der Waals surface area contributed by atoms with Crippen LogP contribution in [0, 0.1) is 12.7 Å². The number of hydrogen-bond donors (Lipinski definition) is 0. The molecule has 0 bridgehead atoms. The Balaban J connectivity index is 1.99. The molecule has 1 aromatic heterocycles. The molecule has 4 rings (SSSR count). The van der Waals surface area contributed by atoms with Crippen molar-refractivity contribution < 1.29 is 14.0 Å². The first-order valence-corrected chi connectivity index (χ1v) is 7.60. The summed E-state index contributed by atoms with van der Waals surface area (Å²) in [6, 6.07) is 10.9. The van der Waals surface area contributed by atoms with Crippen molar-refractivity contribution in [3.8, 4) is 0 Å². The van der Waals surface area contributed by atoms with E-state index in [-0.39, 0.29) is 21.8 Å². The zero-order chi connectivity index (χ0) is 17.0. The van der Waals surface area contributed by atoms with E-state index >= 15 is 0 Å². The van der Waals surface area contributed by atoms with E-state index in [1.54, 1.807) is 31.2 Å². The molecule has 0 aliphatic carbocycles. The molecule has 118 valence electrons. The second-order valence-corrected chi connectivity index (χ2v) is 5.94. The topological polar surface area (TPSA) is 50.3 Å². The number of hydrogen-bond acceptors (Lipinski definition) is 3. The number of benzene rings is 2. The fourth-order valence-electron chi connectivity index (χ4n) is 3.02. The summed E-state index contributed by atoms with van der Waals surface area (Å²) in [5.74, 6) is -1.86. The number of nitrogens with zero attached hydrogens (tertiary/aromatic N) is 2. The number of aryl methyl sites for hydroxylation is 1. The predicted molar refractivity (Wildman–Crippen MR) is 89.0 cm³/mol. The van der Waals surface area contributed by atoms with Gasteiger partial charge in [0.2, 0.25) is 0 Å². The minimum absolute atomic E-state index is 0.117. The van der Waals surface area contributed by atoms with Crippen molar-refractivity contribution in [3.05, 3.63) is 70.1 Å². The van der Waals surface area contributed by atoms with Gasteiger partial charge in [-0.05, 0) is 31.2 Å². The average Bonchev–Trinajstić information content (AvgIpc) is 2.80. The van der Waals surface area contributed by atoms with E-state index in [2.05, 4.69) is 4.98 Å². The van der Waals surface area contributed by atoms with Crippen molar-refractivity contribution in [1.82, 2.24) is 4.98 Å². The monoisotopic (exact) mass is 340 g/mol. The highest BCUT2D eigenvalue weighted by Crippen LogP contribution is 2.35. The molecule has 2 amide bonds. The third-order valence-corrected chi connectivity index (χ3v) is 4.29. The predicted octanol–water partition coefficient (Wildman–Crippen LogP) is 4.14. The second-order valence-electron chi connectivity index (χ2n) is 5.51. The maximum absolute atomic E-state index is 14.2. The summed E-state index contributed by atoms with van der Waals surface area (Å²) >= 11 is 5.75. The zero-order valence-corrected chi connectivity index (χ0v) is 13.3. The minimum Gasteiger partial charge on any atom is -0.268 e. The molecule has 0 atom stereocenters. The Morgan fingerprint density at radius 3 is 2.50 bits per heavy atom. The summed E-state index contributed by atoms with van der Waals surface area (Å²) < 4.78 is 14.2. The number of amides is 2. The number of fused-ring (bicyclic) bond motifs is 3. The van der Waals surface area contributed by atoms with Crippen LogP contribution in [0.15, 0.2) is 42.5 Å². The maximum Gasteiger partial charge on any atom is 0.268 e. The van der Waals surface area contributed by atoms with Gasteiger partial charge < -0.3 is 0 Å². The highest BCUT2D eigenvalue weighted by Gasteiger charge is 2.41. The third kappa shape index (κ3) is 1.95. The van der Waals surface area contributed by atoms with Crippen LogP contribution in [0.5, 0.6) is 0 Å². The van der Waals surface area contributed by atoms with Crippen LogP contribution in [0.25, 0.3) is 10.9 Å². The van der Waals surface area contributed by atoms with Gasteiger partial charge in [-0.1, -0.05) is 29.8 Å². The standard InChI is InChI=1S/C18H10ClFN2O2/c1-9-15-16(11-4-2-3-5-13(11)21-9)18(24)22(17(15)23)14-7-6-10(19)8-12(14)20/h2-8H,1H3. The first-order chi connectivity index (χ1) is 11.5. The lowest BCUT2D eigenvalue weighted by atomic mass is 10.0. The molecular formula is C18H10ClFN2O2. The fraction of sp³-hybridized carbons (Fsp3) is 0.0556. The summed E-state index contributed by atoms with van der Waals surface area (Å²) in [6.07, 6.45) is 0. The quantitative estimate of drug-likeness (QED) is 0.626. The van der Waals surface area contributed by atoms with Crippen LogP contribution in [-0.2, 0) is 0 Å². The van der Waals surface area contributed by atoms with Crippen molar-refractivity contribution >= 4 is 40.0 Å². The van der Waals surface area contributed by atoms with Crippen LogP contribution in [-0.4, -0.2) is 16.8 Å². The van der Waals surface area contributed by atoms with Crippen molar-refractivity contribution in [2.45, 2.75) is 6.92 Å². The summed E-state index contributed by atoms with van der Waals surface area (Å²) in [5, 5.41) is 0.768. The Labute approximate surface area is 141 Å². The zero-order valence-electron chi connectivity index (χ0n) is 12.5. The van der Waals surface area contributed by atoms with E-state index in [1.165, 1.54) is 12.1 Å². The van der Waals surface area contributed by atoms with Gasteiger partial charge in [0.1, 0.15) is 5.82 Å². The Morgan fingerprint density at radius 1 is 1.04 bits per heavy atom. The average molecular weight is 341 g/mol.